The van der Waals surface area contributed by atoms with Gasteiger partial charge < -0.3 is 10.5 Å². The van der Waals surface area contributed by atoms with Crippen molar-refractivity contribution in [3.8, 4) is 17.6 Å². The molecule has 2 N–H and O–H groups in total. The summed E-state index contributed by atoms with van der Waals surface area (Å²) in [5.41, 5.74) is 7.89. The van der Waals surface area contributed by atoms with E-state index in [1.54, 1.807) is 0 Å². The molecule has 0 aliphatic carbocycles. The summed E-state index contributed by atoms with van der Waals surface area (Å²) in [6, 6.07) is 17.6. The van der Waals surface area contributed by atoms with Gasteiger partial charge >= 0.3 is 0 Å². The molecule has 2 nitrogen and oxygen atoms in total. The van der Waals surface area contributed by atoms with Gasteiger partial charge in [0, 0.05) is 17.2 Å². The average molecular weight is 251 g/mol. The third-order valence-electron chi connectivity index (χ3n) is 2.72. The van der Waals surface area contributed by atoms with Gasteiger partial charge in [0.25, 0.3) is 0 Å². The second-order valence-electron chi connectivity index (χ2n) is 4.28. The fraction of sp³-hybridized carbons (Fsp3) is 0.176. The summed E-state index contributed by atoms with van der Waals surface area (Å²) in [7, 11) is 0. The number of hydrogen-bond donors (Lipinski definition) is 1. The van der Waals surface area contributed by atoms with Crippen molar-refractivity contribution in [1.29, 1.82) is 0 Å². The summed E-state index contributed by atoms with van der Waals surface area (Å²) in [4.78, 5) is 0. The van der Waals surface area contributed by atoms with Crippen LogP contribution in [-0.4, -0.2) is 6.61 Å². The standard InChI is InChI=1S/C17H17NO/c1-14(18)16-11-5-6-12-17(16)19-13-7-10-15-8-3-2-4-9-15/h2-6,8-9,11-12,14H,13,18H2,1H3. The van der Waals surface area contributed by atoms with Crippen LogP contribution in [0.2, 0.25) is 0 Å². The molecule has 0 fully saturated rings. The quantitative estimate of drug-likeness (QED) is 0.851. The number of benzene rings is 2. The first-order valence-electron chi connectivity index (χ1n) is 6.28. The second-order valence-corrected chi connectivity index (χ2v) is 4.28. The van der Waals surface area contributed by atoms with Gasteiger partial charge in [-0.05, 0) is 25.1 Å². The third-order valence-corrected chi connectivity index (χ3v) is 2.72. The maximum atomic E-state index is 5.89. The molecule has 2 rings (SSSR count). The summed E-state index contributed by atoms with van der Waals surface area (Å²) >= 11 is 0. The van der Waals surface area contributed by atoms with E-state index >= 15 is 0 Å². The first-order chi connectivity index (χ1) is 9.27. The highest BCUT2D eigenvalue weighted by atomic mass is 16.5. The zero-order chi connectivity index (χ0) is 13.5. The van der Waals surface area contributed by atoms with E-state index in [4.69, 9.17) is 10.5 Å². The van der Waals surface area contributed by atoms with Crippen molar-refractivity contribution < 1.29 is 4.74 Å². The molecule has 0 saturated heterocycles. The Morgan fingerprint density at radius 1 is 1.05 bits per heavy atom. The lowest BCUT2D eigenvalue weighted by Gasteiger charge is -2.11. The smallest absolute Gasteiger partial charge is 0.149 e. The number of nitrogens with two attached hydrogens (primary N) is 1. The molecule has 2 aromatic rings. The maximum absolute atomic E-state index is 5.89. The van der Waals surface area contributed by atoms with Gasteiger partial charge in [-0.25, -0.2) is 0 Å². The lowest BCUT2D eigenvalue weighted by molar-refractivity contribution is 0.364. The summed E-state index contributed by atoms with van der Waals surface area (Å²) in [6.45, 7) is 2.30. The highest BCUT2D eigenvalue weighted by Crippen LogP contribution is 2.22. The van der Waals surface area contributed by atoms with E-state index in [9.17, 15) is 0 Å². The van der Waals surface area contributed by atoms with E-state index in [0.29, 0.717) is 6.61 Å². The van der Waals surface area contributed by atoms with Gasteiger partial charge in [-0.2, -0.15) is 0 Å². The Morgan fingerprint density at radius 2 is 1.74 bits per heavy atom. The Labute approximate surface area is 114 Å². The van der Waals surface area contributed by atoms with Crippen molar-refractivity contribution in [2.45, 2.75) is 13.0 Å². The predicted octanol–water partition coefficient (Wildman–Crippen LogP) is 3.14. The second kappa shape index (κ2) is 6.63. The van der Waals surface area contributed by atoms with E-state index < -0.39 is 0 Å². The highest BCUT2D eigenvalue weighted by molar-refractivity contribution is 5.37. The van der Waals surface area contributed by atoms with E-state index in [-0.39, 0.29) is 6.04 Å². The molecule has 0 aliphatic heterocycles. The summed E-state index contributed by atoms with van der Waals surface area (Å²) in [5.74, 6) is 6.87. The van der Waals surface area contributed by atoms with Crippen LogP contribution in [0.3, 0.4) is 0 Å². The van der Waals surface area contributed by atoms with Crippen LogP contribution >= 0.6 is 0 Å². The molecular weight excluding hydrogens is 234 g/mol. The molecule has 0 amide bonds. The van der Waals surface area contributed by atoms with Crippen molar-refractivity contribution in [2.24, 2.45) is 5.73 Å². The van der Waals surface area contributed by atoms with E-state index in [1.807, 2.05) is 61.5 Å². The van der Waals surface area contributed by atoms with Crippen LogP contribution in [-0.2, 0) is 0 Å². The van der Waals surface area contributed by atoms with Crippen molar-refractivity contribution in [3.05, 3.63) is 65.7 Å². The van der Waals surface area contributed by atoms with Crippen molar-refractivity contribution in [3.63, 3.8) is 0 Å². The van der Waals surface area contributed by atoms with Crippen LogP contribution in [0.5, 0.6) is 5.75 Å². The molecule has 1 unspecified atom stereocenters. The lowest BCUT2D eigenvalue weighted by atomic mass is 10.1. The molecule has 0 radical (unpaired) electrons. The Bertz CT molecular complexity index is 579. The molecule has 2 aromatic carbocycles. The minimum absolute atomic E-state index is 0.0433. The highest BCUT2D eigenvalue weighted by Gasteiger charge is 2.05. The molecule has 19 heavy (non-hydrogen) atoms. The van der Waals surface area contributed by atoms with Crippen LogP contribution in [0, 0.1) is 11.8 Å². The topological polar surface area (TPSA) is 35.2 Å². The molecule has 1 atom stereocenters. The predicted molar refractivity (Wildman–Crippen MR) is 77.9 cm³/mol. The van der Waals surface area contributed by atoms with Crippen molar-refractivity contribution in [1.82, 2.24) is 0 Å². The summed E-state index contributed by atoms with van der Waals surface area (Å²) in [5, 5.41) is 0. The molecule has 0 heterocycles. The van der Waals surface area contributed by atoms with E-state index in [1.165, 1.54) is 0 Å². The fourth-order valence-electron chi connectivity index (χ4n) is 1.76. The van der Waals surface area contributed by atoms with E-state index in [2.05, 4.69) is 11.8 Å². The third kappa shape index (κ3) is 3.87. The van der Waals surface area contributed by atoms with Crippen LogP contribution in [0.15, 0.2) is 54.6 Å². The molecule has 2 heteroatoms. The number of rotatable bonds is 3. The fourth-order valence-corrected chi connectivity index (χ4v) is 1.76. The van der Waals surface area contributed by atoms with E-state index in [0.717, 1.165) is 16.9 Å². The van der Waals surface area contributed by atoms with Gasteiger partial charge in [0.1, 0.15) is 12.4 Å². The zero-order valence-corrected chi connectivity index (χ0v) is 11.0. The van der Waals surface area contributed by atoms with Gasteiger partial charge in [-0.1, -0.05) is 48.2 Å². The Morgan fingerprint density at radius 3 is 2.47 bits per heavy atom. The van der Waals surface area contributed by atoms with Crippen molar-refractivity contribution >= 4 is 0 Å². The normalized spacial score (nSPS) is 11.3. The Hall–Kier alpha value is -2.24. The van der Waals surface area contributed by atoms with Gasteiger partial charge in [-0.3, -0.25) is 0 Å². The number of hydrogen-bond acceptors (Lipinski definition) is 2. The number of ether oxygens (including phenoxy) is 1. The van der Waals surface area contributed by atoms with Crippen LogP contribution in [0.1, 0.15) is 24.1 Å². The Kier molecular flexibility index (Phi) is 4.60. The SMILES string of the molecule is CC(N)c1ccccc1OCC#Cc1ccccc1. The largest absolute Gasteiger partial charge is 0.481 e. The molecule has 0 aliphatic rings. The summed E-state index contributed by atoms with van der Waals surface area (Å²) in [6.07, 6.45) is 0. The average Bonchev–Trinajstić information content (AvgIpc) is 2.45. The van der Waals surface area contributed by atoms with Crippen LogP contribution in [0.25, 0.3) is 0 Å². The zero-order valence-electron chi connectivity index (χ0n) is 11.0. The Balaban J connectivity index is 1.99. The monoisotopic (exact) mass is 251 g/mol. The molecular formula is C17H17NO. The molecule has 0 saturated carbocycles. The van der Waals surface area contributed by atoms with Crippen molar-refractivity contribution in [2.75, 3.05) is 6.61 Å². The molecule has 0 spiro atoms. The first-order valence-corrected chi connectivity index (χ1v) is 6.28. The number of para-hydroxylation sites is 1. The minimum atomic E-state index is -0.0433. The first kappa shape index (κ1) is 13.2. The molecule has 0 aromatic heterocycles. The lowest BCUT2D eigenvalue weighted by Crippen LogP contribution is -2.08. The van der Waals surface area contributed by atoms with Crippen LogP contribution < -0.4 is 10.5 Å². The van der Waals surface area contributed by atoms with Gasteiger partial charge in [0.15, 0.2) is 0 Å². The maximum Gasteiger partial charge on any atom is 0.149 e. The van der Waals surface area contributed by atoms with Gasteiger partial charge in [0.2, 0.25) is 0 Å². The minimum Gasteiger partial charge on any atom is -0.481 e. The molecule has 96 valence electrons. The van der Waals surface area contributed by atoms with Crippen LogP contribution in [0.4, 0.5) is 0 Å². The molecule has 0 bridgehead atoms. The summed E-state index contributed by atoms with van der Waals surface area (Å²) < 4.78 is 5.67. The van der Waals surface area contributed by atoms with Gasteiger partial charge in [0.05, 0.1) is 0 Å². The van der Waals surface area contributed by atoms with Gasteiger partial charge in [-0.15, -0.1) is 0 Å².